The molecule has 4 nitrogen and oxygen atoms in total. The quantitative estimate of drug-likeness (QED) is 0.773. The second-order valence-corrected chi connectivity index (χ2v) is 7.74. The molecule has 2 saturated carbocycles. The Hall–Kier alpha value is -0.130. The molecule has 0 amide bonds. The van der Waals surface area contributed by atoms with Crippen molar-refractivity contribution < 1.29 is 8.42 Å². The van der Waals surface area contributed by atoms with Crippen LogP contribution in [0.25, 0.3) is 0 Å². The van der Waals surface area contributed by atoms with Gasteiger partial charge in [-0.05, 0) is 37.5 Å². The molecule has 0 aromatic carbocycles. The van der Waals surface area contributed by atoms with Crippen LogP contribution in [-0.2, 0) is 10.0 Å². The van der Waals surface area contributed by atoms with Crippen LogP contribution in [0.15, 0.2) is 0 Å². The normalized spacial score (nSPS) is 24.7. The van der Waals surface area contributed by atoms with Gasteiger partial charge in [-0.1, -0.05) is 25.7 Å². The van der Waals surface area contributed by atoms with Gasteiger partial charge < -0.3 is 5.73 Å². The Morgan fingerprint density at radius 3 is 2.17 bits per heavy atom. The van der Waals surface area contributed by atoms with Gasteiger partial charge in [0.2, 0.25) is 10.0 Å². The topological polar surface area (TPSA) is 72.2 Å². The van der Waals surface area contributed by atoms with Crippen molar-refractivity contribution in [3.05, 3.63) is 0 Å². The van der Waals surface area contributed by atoms with Gasteiger partial charge in [0.05, 0.1) is 5.75 Å². The molecule has 0 aromatic heterocycles. The molecule has 2 rings (SSSR count). The molecule has 2 fully saturated rings. The molecule has 2 aliphatic carbocycles. The van der Waals surface area contributed by atoms with Crippen molar-refractivity contribution in [2.24, 2.45) is 17.6 Å². The molecule has 106 valence electrons. The number of sulfonamides is 1. The molecule has 1 atom stereocenters. The van der Waals surface area contributed by atoms with Crippen LogP contribution in [0.4, 0.5) is 0 Å². The lowest BCUT2D eigenvalue weighted by molar-refractivity contribution is 0.403. The lowest BCUT2D eigenvalue weighted by Gasteiger charge is -2.23. The molecule has 0 radical (unpaired) electrons. The molecule has 5 heteroatoms. The summed E-state index contributed by atoms with van der Waals surface area (Å²) in [4.78, 5) is 0. The van der Waals surface area contributed by atoms with Crippen LogP contribution < -0.4 is 10.5 Å². The first kappa shape index (κ1) is 14.3. The molecular formula is C13H26N2O2S. The van der Waals surface area contributed by atoms with E-state index < -0.39 is 10.0 Å². The number of rotatable bonds is 6. The van der Waals surface area contributed by atoms with Gasteiger partial charge >= 0.3 is 0 Å². The Kier molecular flexibility index (Phi) is 5.04. The summed E-state index contributed by atoms with van der Waals surface area (Å²) in [6, 6.07) is -0.0427. The van der Waals surface area contributed by atoms with Crippen LogP contribution in [0.1, 0.15) is 51.4 Å². The highest BCUT2D eigenvalue weighted by Crippen LogP contribution is 2.29. The molecular weight excluding hydrogens is 248 g/mol. The van der Waals surface area contributed by atoms with Gasteiger partial charge in [0, 0.05) is 12.6 Å². The summed E-state index contributed by atoms with van der Waals surface area (Å²) in [6.07, 6.45) is 9.17. The SMILES string of the molecule is NCC(NS(=O)(=O)CC1CCCC1)C1CCCC1. The summed E-state index contributed by atoms with van der Waals surface area (Å²) in [5.41, 5.74) is 5.74. The van der Waals surface area contributed by atoms with E-state index in [2.05, 4.69) is 4.72 Å². The van der Waals surface area contributed by atoms with E-state index in [1.165, 1.54) is 25.7 Å². The summed E-state index contributed by atoms with van der Waals surface area (Å²) in [7, 11) is -3.14. The average Bonchev–Trinajstić information content (AvgIpc) is 2.97. The lowest BCUT2D eigenvalue weighted by atomic mass is 9.99. The second-order valence-electron chi connectivity index (χ2n) is 5.94. The highest BCUT2D eigenvalue weighted by molar-refractivity contribution is 7.89. The Morgan fingerprint density at radius 2 is 1.61 bits per heavy atom. The maximum absolute atomic E-state index is 12.1. The smallest absolute Gasteiger partial charge is 0.212 e. The third kappa shape index (κ3) is 3.93. The third-order valence-electron chi connectivity index (χ3n) is 4.48. The molecule has 3 N–H and O–H groups in total. The van der Waals surface area contributed by atoms with Gasteiger partial charge in [-0.3, -0.25) is 0 Å². The van der Waals surface area contributed by atoms with E-state index in [-0.39, 0.29) is 6.04 Å². The van der Waals surface area contributed by atoms with E-state index in [0.717, 1.165) is 25.7 Å². The van der Waals surface area contributed by atoms with Crippen LogP contribution in [0, 0.1) is 11.8 Å². The second kappa shape index (κ2) is 6.35. The standard InChI is InChI=1S/C13H26N2O2S/c14-9-13(12-7-3-4-8-12)15-18(16,17)10-11-5-1-2-6-11/h11-13,15H,1-10,14H2. The molecule has 0 saturated heterocycles. The number of nitrogens with one attached hydrogen (secondary N) is 1. The minimum atomic E-state index is -3.14. The summed E-state index contributed by atoms with van der Waals surface area (Å²) in [6.45, 7) is 0.425. The zero-order valence-corrected chi connectivity index (χ0v) is 11.9. The van der Waals surface area contributed by atoms with Crippen molar-refractivity contribution in [2.75, 3.05) is 12.3 Å². The zero-order chi connectivity index (χ0) is 13.0. The molecule has 2 aliphatic rings. The van der Waals surface area contributed by atoms with Crippen molar-refractivity contribution >= 4 is 10.0 Å². The van der Waals surface area contributed by atoms with Crippen LogP contribution in [0.2, 0.25) is 0 Å². The van der Waals surface area contributed by atoms with Gasteiger partial charge in [-0.25, -0.2) is 13.1 Å². The highest BCUT2D eigenvalue weighted by Gasteiger charge is 2.29. The van der Waals surface area contributed by atoms with E-state index in [1.807, 2.05) is 0 Å². The maximum atomic E-state index is 12.1. The maximum Gasteiger partial charge on any atom is 0.212 e. The number of nitrogens with two attached hydrogens (primary N) is 1. The summed E-state index contributed by atoms with van der Waals surface area (Å²) in [5.74, 6) is 1.12. The van der Waals surface area contributed by atoms with Crippen molar-refractivity contribution in [2.45, 2.75) is 57.4 Å². The van der Waals surface area contributed by atoms with Gasteiger partial charge in [0.25, 0.3) is 0 Å². The van der Waals surface area contributed by atoms with Crippen molar-refractivity contribution in [3.8, 4) is 0 Å². The van der Waals surface area contributed by atoms with Crippen molar-refractivity contribution in [3.63, 3.8) is 0 Å². The van der Waals surface area contributed by atoms with Gasteiger partial charge in [0.1, 0.15) is 0 Å². The van der Waals surface area contributed by atoms with Crippen LogP contribution in [0.3, 0.4) is 0 Å². The Bertz CT molecular complexity index is 344. The first-order valence-electron chi connectivity index (χ1n) is 7.31. The predicted octanol–water partition coefficient (Wildman–Crippen LogP) is 1.61. The van der Waals surface area contributed by atoms with Gasteiger partial charge in [-0.2, -0.15) is 0 Å². The van der Waals surface area contributed by atoms with E-state index in [1.54, 1.807) is 0 Å². The first-order valence-corrected chi connectivity index (χ1v) is 8.96. The van der Waals surface area contributed by atoms with Crippen LogP contribution in [-0.4, -0.2) is 26.8 Å². The molecule has 0 aromatic rings. The fourth-order valence-corrected chi connectivity index (χ4v) is 5.26. The minimum Gasteiger partial charge on any atom is -0.329 e. The molecule has 0 aliphatic heterocycles. The Morgan fingerprint density at radius 1 is 1.06 bits per heavy atom. The minimum absolute atomic E-state index is 0.0427. The fourth-order valence-electron chi connectivity index (χ4n) is 3.46. The molecule has 0 spiro atoms. The number of hydrogen-bond acceptors (Lipinski definition) is 3. The largest absolute Gasteiger partial charge is 0.329 e. The monoisotopic (exact) mass is 274 g/mol. The molecule has 0 bridgehead atoms. The molecule has 18 heavy (non-hydrogen) atoms. The summed E-state index contributed by atoms with van der Waals surface area (Å²) in [5, 5.41) is 0. The Labute approximate surface area is 111 Å². The summed E-state index contributed by atoms with van der Waals surface area (Å²) < 4.78 is 27.2. The predicted molar refractivity (Wildman–Crippen MR) is 73.7 cm³/mol. The van der Waals surface area contributed by atoms with E-state index in [9.17, 15) is 8.42 Å². The van der Waals surface area contributed by atoms with Crippen molar-refractivity contribution in [1.29, 1.82) is 0 Å². The average molecular weight is 274 g/mol. The van der Waals surface area contributed by atoms with E-state index in [0.29, 0.717) is 24.1 Å². The van der Waals surface area contributed by atoms with E-state index >= 15 is 0 Å². The van der Waals surface area contributed by atoms with Gasteiger partial charge in [0.15, 0.2) is 0 Å². The lowest BCUT2D eigenvalue weighted by Crippen LogP contribution is -2.46. The number of hydrogen-bond donors (Lipinski definition) is 2. The molecule has 0 heterocycles. The van der Waals surface area contributed by atoms with Crippen LogP contribution in [0.5, 0.6) is 0 Å². The summed E-state index contributed by atoms with van der Waals surface area (Å²) >= 11 is 0. The first-order chi connectivity index (χ1) is 8.61. The van der Waals surface area contributed by atoms with Crippen LogP contribution >= 0.6 is 0 Å². The van der Waals surface area contributed by atoms with Gasteiger partial charge in [-0.15, -0.1) is 0 Å². The van der Waals surface area contributed by atoms with Crippen molar-refractivity contribution in [1.82, 2.24) is 4.72 Å². The highest BCUT2D eigenvalue weighted by atomic mass is 32.2. The fraction of sp³-hybridized carbons (Fsp3) is 1.00. The zero-order valence-electron chi connectivity index (χ0n) is 11.1. The third-order valence-corrected chi connectivity index (χ3v) is 6.06. The molecule has 1 unspecified atom stereocenters. The van der Waals surface area contributed by atoms with E-state index in [4.69, 9.17) is 5.73 Å². The Balaban J connectivity index is 1.88.